The second-order valence-corrected chi connectivity index (χ2v) is 2.59. The van der Waals surface area contributed by atoms with Gasteiger partial charge in [0.2, 0.25) is 0 Å². The lowest BCUT2D eigenvalue weighted by Crippen LogP contribution is -1.93. The molecule has 0 saturated carbocycles. The molecule has 0 spiro atoms. The number of hydrogen-bond donors (Lipinski definition) is 0. The van der Waals surface area contributed by atoms with Crippen LogP contribution in [0.25, 0.3) is 0 Å². The van der Waals surface area contributed by atoms with Gasteiger partial charge in [-0.15, -0.1) is 5.92 Å². The predicted molar refractivity (Wildman–Crippen MR) is 48.8 cm³/mol. The molecule has 0 amide bonds. The van der Waals surface area contributed by atoms with E-state index in [1.807, 2.05) is 0 Å². The van der Waals surface area contributed by atoms with Gasteiger partial charge >= 0.3 is 0 Å². The highest BCUT2D eigenvalue weighted by Gasteiger charge is 1.85. The molecule has 0 aliphatic heterocycles. The van der Waals surface area contributed by atoms with Crippen LogP contribution in [0.3, 0.4) is 0 Å². The van der Waals surface area contributed by atoms with Crippen molar-refractivity contribution >= 4 is 5.78 Å². The lowest BCUT2D eigenvalue weighted by molar-refractivity contribution is -0.116. The first kappa shape index (κ1) is 11.2. The standard InChI is InChI=1S/C10H16O2/c1-3-8-12-9-6-4-5-7-10(2)11/h3,6-9H2,1-2H3. The fraction of sp³-hybridized carbons (Fsp3) is 0.700. The molecule has 0 saturated heterocycles. The molecule has 0 bridgehead atoms. The zero-order chi connectivity index (χ0) is 9.23. The van der Waals surface area contributed by atoms with Gasteiger partial charge in [0, 0.05) is 13.0 Å². The number of Topliss-reactive ketones (excluding diaryl/α,β-unsaturated/α-hetero) is 1. The van der Waals surface area contributed by atoms with Crippen molar-refractivity contribution in [3.8, 4) is 11.8 Å². The van der Waals surface area contributed by atoms with Crippen molar-refractivity contribution in [1.29, 1.82) is 0 Å². The molecule has 68 valence electrons. The monoisotopic (exact) mass is 168 g/mol. The molecule has 0 N–H and O–H groups in total. The molecule has 0 unspecified atom stereocenters. The van der Waals surface area contributed by atoms with E-state index >= 15 is 0 Å². The van der Waals surface area contributed by atoms with E-state index in [0.29, 0.717) is 13.0 Å². The summed E-state index contributed by atoms with van der Waals surface area (Å²) in [6.07, 6.45) is 2.14. The van der Waals surface area contributed by atoms with Gasteiger partial charge in [-0.1, -0.05) is 12.8 Å². The maximum atomic E-state index is 10.4. The summed E-state index contributed by atoms with van der Waals surface area (Å²) in [4.78, 5) is 10.4. The molecule has 0 rings (SSSR count). The summed E-state index contributed by atoms with van der Waals surface area (Å²) < 4.78 is 5.20. The molecule has 0 aromatic carbocycles. The van der Waals surface area contributed by atoms with Crippen LogP contribution in [0, 0.1) is 11.8 Å². The lowest BCUT2D eigenvalue weighted by Gasteiger charge is -1.95. The van der Waals surface area contributed by atoms with Crippen molar-refractivity contribution in [3.05, 3.63) is 0 Å². The van der Waals surface area contributed by atoms with Crippen LogP contribution >= 0.6 is 0 Å². The second-order valence-electron chi connectivity index (χ2n) is 2.59. The van der Waals surface area contributed by atoms with E-state index in [2.05, 4.69) is 18.8 Å². The highest BCUT2D eigenvalue weighted by Crippen LogP contribution is 1.84. The average Bonchev–Trinajstić information content (AvgIpc) is 2.02. The second kappa shape index (κ2) is 8.29. The van der Waals surface area contributed by atoms with Gasteiger partial charge in [0.25, 0.3) is 0 Å². The van der Waals surface area contributed by atoms with Crippen LogP contribution in [0.2, 0.25) is 0 Å². The van der Waals surface area contributed by atoms with E-state index < -0.39 is 0 Å². The number of hydrogen-bond acceptors (Lipinski definition) is 2. The van der Waals surface area contributed by atoms with E-state index in [1.54, 1.807) is 6.92 Å². The molecule has 0 aliphatic rings. The molecule has 12 heavy (non-hydrogen) atoms. The minimum Gasteiger partial charge on any atom is -0.380 e. The van der Waals surface area contributed by atoms with Crippen LogP contribution in [0.5, 0.6) is 0 Å². The van der Waals surface area contributed by atoms with Gasteiger partial charge in [0.1, 0.15) is 5.78 Å². The Bertz CT molecular complexity index is 174. The zero-order valence-electron chi connectivity index (χ0n) is 7.85. The van der Waals surface area contributed by atoms with Crippen molar-refractivity contribution in [1.82, 2.24) is 0 Å². The highest BCUT2D eigenvalue weighted by atomic mass is 16.5. The maximum absolute atomic E-state index is 10.4. The normalized spacial score (nSPS) is 8.83. The summed E-state index contributed by atoms with van der Waals surface area (Å²) in [6, 6.07) is 0. The van der Waals surface area contributed by atoms with Crippen LogP contribution in [0.15, 0.2) is 0 Å². The van der Waals surface area contributed by atoms with Crippen LogP contribution in [-0.2, 0) is 9.53 Å². The minimum absolute atomic E-state index is 0.122. The van der Waals surface area contributed by atoms with Crippen LogP contribution in [-0.4, -0.2) is 19.0 Å². The summed E-state index contributed by atoms with van der Waals surface area (Å²) in [6.45, 7) is 5.09. The molecular weight excluding hydrogens is 152 g/mol. The summed E-state index contributed by atoms with van der Waals surface area (Å²) in [5.41, 5.74) is 0. The first-order chi connectivity index (χ1) is 5.77. The third-order valence-corrected chi connectivity index (χ3v) is 1.18. The van der Waals surface area contributed by atoms with Crippen molar-refractivity contribution in [2.45, 2.75) is 33.1 Å². The Morgan fingerprint density at radius 1 is 1.33 bits per heavy atom. The highest BCUT2D eigenvalue weighted by molar-refractivity contribution is 5.77. The smallest absolute Gasteiger partial charge is 0.141 e. The summed E-state index contributed by atoms with van der Waals surface area (Å²) in [5.74, 6) is 5.78. The molecular formula is C10H16O2. The number of carbonyl (C=O) groups excluding carboxylic acids is 1. The molecule has 0 aromatic heterocycles. The Kier molecular flexibility index (Phi) is 7.73. The van der Waals surface area contributed by atoms with Gasteiger partial charge in [-0.3, -0.25) is 4.79 Å². The Labute approximate surface area is 74.3 Å². The van der Waals surface area contributed by atoms with E-state index in [-0.39, 0.29) is 5.78 Å². The van der Waals surface area contributed by atoms with E-state index in [9.17, 15) is 4.79 Å². The molecule has 0 fully saturated rings. The quantitative estimate of drug-likeness (QED) is 0.462. The minimum atomic E-state index is 0.122. The summed E-state index contributed by atoms with van der Waals surface area (Å²) >= 11 is 0. The first-order valence-electron chi connectivity index (χ1n) is 4.30. The van der Waals surface area contributed by atoms with Crippen molar-refractivity contribution in [2.75, 3.05) is 13.2 Å². The number of rotatable bonds is 5. The van der Waals surface area contributed by atoms with Crippen LogP contribution in [0.4, 0.5) is 0 Å². The van der Waals surface area contributed by atoms with Gasteiger partial charge in [-0.25, -0.2) is 0 Å². The van der Waals surface area contributed by atoms with Crippen molar-refractivity contribution < 1.29 is 9.53 Å². The average molecular weight is 168 g/mol. The maximum Gasteiger partial charge on any atom is 0.141 e. The zero-order valence-corrected chi connectivity index (χ0v) is 7.85. The number of ether oxygens (including phenoxy) is 1. The topological polar surface area (TPSA) is 26.3 Å². The molecule has 0 radical (unpaired) electrons. The fourth-order valence-corrected chi connectivity index (χ4v) is 0.645. The molecule has 0 aliphatic carbocycles. The summed E-state index contributed by atoms with van der Waals surface area (Å²) in [7, 11) is 0. The Morgan fingerprint density at radius 2 is 2.08 bits per heavy atom. The predicted octanol–water partition coefficient (Wildman–Crippen LogP) is 1.79. The number of carbonyl (C=O) groups is 1. The van der Waals surface area contributed by atoms with Gasteiger partial charge in [0.05, 0.1) is 13.0 Å². The Morgan fingerprint density at radius 3 is 2.67 bits per heavy atom. The molecule has 2 heteroatoms. The van der Waals surface area contributed by atoms with Gasteiger partial charge in [0.15, 0.2) is 0 Å². The third-order valence-electron chi connectivity index (χ3n) is 1.18. The molecule has 0 atom stereocenters. The van der Waals surface area contributed by atoms with E-state index in [0.717, 1.165) is 19.4 Å². The lowest BCUT2D eigenvalue weighted by atomic mass is 10.3. The van der Waals surface area contributed by atoms with Gasteiger partial charge in [-0.05, 0) is 13.3 Å². The largest absolute Gasteiger partial charge is 0.380 e. The first-order valence-corrected chi connectivity index (χ1v) is 4.30. The Hall–Kier alpha value is -0.810. The molecule has 0 aromatic rings. The van der Waals surface area contributed by atoms with Crippen molar-refractivity contribution in [3.63, 3.8) is 0 Å². The third kappa shape index (κ3) is 9.19. The van der Waals surface area contributed by atoms with Crippen molar-refractivity contribution in [2.24, 2.45) is 0 Å². The van der Waals surface area contributed by atoms with Crippen LogP contribution < -0.4 is 0 Å². The fourth-order valence-electron chi connectivity index (χ4n) is 0.645. The molecule has 2 nitrogen and oxygen atoms in total. The SMILES string of the molecule is CCCOCCC#CCC(C)=O. The van der Waals surface area contributed by atoms with E-state index in [1.165, 1.54) is 0 Å². The summed E-state index contributed by atoms with van der Waals surface area (Å²) in [5, 5.41) is 0. The van der Waals surface area contributed by atoms with E-state index in [4.69, 9.17) is 4.74 Å². The number of ketones is 1. The Balaban J connectivity index is 3.16. The van der Waals surface area contributed by atoms with Crippen LogP contribution in [0.1, 0.15) is 33.1 Å². The van der Waals surface area contributed by atoms with Gasteiger partial charge < -0.3 is 4.74 Å². The molecule has 0 heterocycles. The van der Waals surface area contributed by atoms with Gasteiger partial charge in [-0.2, -0.15) is 0 Å².